The van der Waals surface area contributed by atoms with E-state index in [0.717, 1.165) is 19.1 Å². The van der Waals surface area contributed by atoms with Gasteiger partial charge in [-0.15, -0.1) is 0 Å². The topological polar surface area (TPSA) is 32.5 Å². The van der Waals surface area contributed by atoms with Crippen molar-refractivity contribution in [3.8, 4) is 0 Å². The molecule has 104 valence electrons. The lowest BCUT2D eigenvalue weighted by molar-refractivity contribution is 0.0497. The van der Waals surface area contributed by atoms with Crippen LogP contribution in [0.1, 0.15) is 46.0 Å². The van der Waals surface area contributed by atoms with Crippen LogP contribution in [0.15, 0.2) is 0 Å². The van der Waals surface area contributed by atoms with E-state index in [2.05, 4.69) is 23.6 Å². The van der Waals surface area contributed by atoms with Crippen molar-refractivity contribution in [2.24, 2.45) is 5.73 Å². The molecule has 1 aliphatic heterocycles. The van der Waals surface area contributed by atoms with E-state index in [-0.39, 0.29) is 5.54 Å². The molecule has 4 heteroatoms. The highest BCUT2D eigenvalue weighted by Crippen LogP contribution is 2.25. The molecule has 1 saturated carbocycles. The fourth-order valence-corrected chi connectivity index (χ4v) is 3.38. The fourth-order valence-electron chi connectivity index (χ4n) is 3.25. The van der Waals surface area contributed by atoms with Crippen LogP contribution in [-0.2, 0) is 0 Å². The Kier molecular flexibility index (Phi) is 4.62. The zero-order chi connectivity index (χ0) is 13.2. The van der Waals surface area contributed by atoms with Gasteiger partial charge >= 0.3 is 0 Å². The Hall–Kier alpha value is -0.190. The second kappa shape index (κ2) is 5.85. The summed E-state index contributed by atoms with van der Waals surface area (Å²) in [4.78, 5) is 5.74. The summed E-state index contributed by atoms with van der Waals surface area (Å²) in [5.74, 6) is 0. The zero-order valence-corrected chi connectivity index (χ0v) is 12.6. The Bertz CT molecular complexity index is 289. The van der Waals surface area contributed by atoms with Crippen LogP contribution in [0.4, 0.5) is 0 Å². The third kappa shape index (κ3) is 3.03. The summed E-state index contributed by atoms with van der Waals surface area (Å²) >= 11 is 5.19. The number of nitrogens with zero attached hydrogens (tertiary/aromatic N) is 2. The van der Waals surface area contributed by atoms with Crippen LogP contribution in [0, 0.1) is 0 Å². The number of nitrogens with two attached hydrogens (primary N) is 1. The van der Waals surface area contributed by atoms with Crippen molar-refractivity contribution in [3.63, 3.8) is 0 Å². The standard InChI is InChI=1S/C14H27N3S/c1-14(2,13(15)18)17-10-8-16(9-11-17)12-6-4-3-5-7-12/h12H,3-11H2,1-2H3,(H2,15,18). The van der Waals surface area contributed by atoms with Crippen molar-refractivity contribution in [3.05, 3.63) is 0 Å². The van der Waals surface area contributed by atoms with Gasteiger partial charge in [0.25, 0.3) is 0 Å². The van der Waals surface area contributed by atoms with E-state index in [0.29, 0.717) is 4.99 Å². The molecule has 2 rings (SSSR count). The number of hydrogen-bond donors (Lipinski definition) is 1. The smallest absolute Gasteiger partial charge is 0.0928 e. The zero-order valence-electron chi connectivity index (χ0n) is 11.8. The maximum atomic E-state index is 5.85. The van der Waals surface area contributed by atoms with Gasteiger partial charge in [0.2, 0.25) is 0 Å². The highest BCUT2D eigenvalue weighted by atomic mass is 32.1. The van der Waals surface area contributed by atoms with E-state index in [9.17, 15) is 0 Å². The van der Waals surface area contributed by atoms with Crippen LogP contribution in [0.2, 0.25) is 0 Å². The number of hydrogen-bond acceptors (Lipinski definition) is 3. The highest BCUT2D eigenvalue weighted by Gasteiger charge is 2.33. The van der Waals surface area contributed by atoms with Crippen molar-refractivity contribution >= 4 is 17.2 Å². The predicted octanol–water partition coefficient (Wildman–Crippen LogP) is 2.00. The van der Waals surface area contributed by atoms with E-state index in [1.807, 2.05) is 0 Å². The van der Waals surface area contributed by atoms with Crippen molar-refractivity contribution in [1.82, 2.24) is 9.80 Å². The summed E-state index contributed by atoms with van der Waals surface area (Å²) < 4.78 is 0. The normalized spacial score (nSPS) is 25.2. The van der Waals surface area contributed by atoms with Crippen molar-refractivity contribution < 1.29 is 0 Å². The van der Waals surface area contributed by atoms with E-state index in [1.165, 1.54) is 45.2 Å². The lowest BCUT2D eigenvalue weighted by atomic mass is 9.93. The molecule has 0 spiro atoms. The molecule has 18 heavy (non-hydrogen) atoms. The number of thiocarbonyl (C=S) groups is 1. The monoisotopic (exact) mass is 269 g/mol. The highest BCUT2D eigenvalue weighted by molar-refractivity contribution is 7.80. The summed E-state index contributed by atoms with van der Waals surface area (Å²) in [6, 6.07) is 0.842. The molecule has 0 atom stereocenters. The molecule has 0 unspecified atom stereocenters. The Balaban J connectivity index is 1.85. The predicted molar refractivity (Wildman–Crippen MR) is 80.9 cm³/mol. The number of piperazine rings is 1. The first-order valence-electron chi connectivity index (χ1n) is 7.31. The SMILES string of the molecule is CC(C)(C(N)=S)N1CCN(C2CCCCC2)CC1. The van der Waals surface area contributed by atoms with Crippen molar-refractivity contribution in [2.45, 2.75) is 57.5 Å². The van der Waals surface area contributed by atoms with E-state index in [4.69, 9.17) is 18.0 Å². The van der Waals surface area contributed by atoms with Crippen molar-refractivity contribution in [2.75, 3.05) is 26.2 Å². The van der Waals surface area contributed by atoms with Crippen LogP contribution >= 0.6 is 12.2 Å². The molecule has 0 amide bonds. The Morgan fingerprint density at radius 2 is 1.61 bits per heavy atom. The van der Waals surface area contributed by atoms with Gasteiger partial charge in [-0.2, -0.15) is 0 Å². The summed E-state index contributed by atoms with van der Waals surface area (Å²) in [5.41, 5.74) is 5.72. The van der Waals surface area contributed by atoms with Gasteiger partial charge in [0.15, 0.2) is 0 Å². The molecule has 0 aromatic heterocycles. The third-order valence-electron chi connectivity index (χ3n) is 4.80. The lowest BCUT2D eigenvalue weighted by Gasteiger charge is -2.46. The van der Waals surface area contributed by atoms with Crippen LogP contribution < -0.4 is 5.73 Å². The molecule has 0 radical (unpaired) electrons. The summed E-state index contributed by atoms with van der Waals surface area (Å²) in [6.07, 6.45) is 7.08. The first-order chi connectivity index (χ1) is 8.51. The fraction of sp³-hybridized carbons (Fsp3) is 0.929. The van der Waals surface area contributed by atoms with E-state index >= 15 is 0 Å². The number of rotatable bonds is 3. The molecular weight excluding hydrogens is 242 g/mol. The minimum Gasteiger partial charge on any atom is -0.392 e. The van der Waals surface area contributed by atoms with E-state index in [1.54, 1.807) is 0 Å². The van der Waals surface area contributed by atoms with Gasteiger partial charge < -0.3 is 5.73 Å². The quantitative estimate of drug-likeness (QED) is 0.794. The average Bonchev–Trinajstić information content (AvgIpc) is 2.40. The largest absolute Gasteiger partial charge is 0.392 e. The third-order valence-corrected chi connectivity index (χ3v) is 5.30. The molecule has 2 N–H and O–H groups in total. The molecule has 3 nitrogen and oxygen atoms in total. The second-order valence-electron chi connectivity index (χ2n) is 6.24. The molecule has 1 heterocycles. The van der Waals surface area contributed by atoms with Gasteiger partial charge in [0.1, 0.15) is 0 Å². The van der Waals surface area contributed by atoms with Crippen LogP contribution in [-0.4, -0.2) is 52.5 Å². The Morgan fingerprint density at radius 3 is 2.11 bits per heavy atom. The second-order valence-corrected chi connectivity index (χ2v) is 6.68. The minimum atomic E-state index is -0.131. The summed E-state index contributed by atoms with van der Waals surface area (Å²) in [5, 5.41) is 0. The van der Waals surface area contributed by atoms with Gasteiger partial charge in [-0.25, -0.2) is 0 Å². The van der Waals surface area contributed by atoms with Gasteiger partial charge in [0, 0.05) is 32.2 Å². The molecule has 2 aliphatic rings. The maximum absolute atomic E-state index is 5.85. The molecule has 0 aromatic rings. The molecule has 0 aromatic carbocycles. The van der Waals surface area contributed by atoms with Gasteiger partial charge in [-0.3, -0.25) is 9.80 Å². The maximum Gasteiger partial charge on any atom is 0.0928 e. The average molecular weight is 269 g/mol. The first-order valence-corrected chi connectivity index (χ1v) is 7.71. The first kappa shape index (κ1) is 14.2. The summed E-state index contributed by atoms with van der Waals surface area (Å²) in [6.45, 7) is 8.84. The van der Waals surface area contributed by atoms with Crippen LogP contribution in [0.3, 0.4) is 0 Å². The minimum absolute atomic E-state index is 0.131. The molecule has 2 fully saturated rings. The van der Waals surface area contributed by atoms with Gasteiger partial charge in [-0.05, 0) is 26.7 Å². The molecular formula is C14H27N3S. The molecule has 1 aliphatic carbocycles. The van der Waals surface area contributed by atoms with Gasteiger partial charge in [0.05, 0.1) is 10.5 Å². The molecule has 0 bridgehead atoms. The van der Waals surface area contributed by atoms with Crippen molar-refractivity contribution in [1.29, 1.82) is 0 Å². The van der Waals surface area contributed by atoms with Gasteiger partial charge in [-0.1, -0.05) is 31.5 Å². The van der Waals surface area contributed by atoms with E-state index < -0.39 is 0 Å². The Labute approximate surface area is 117 Å². The van der Waals surface area contributed by atoms with Crippen LogP contribution in [0.5, 0.6) is 0 Å². The lowest BCUT2D eigenvalue weighted by Crippen LogP contribution is -2.60. The van der Waals surface area contributed by atoms with Crippen LogP contribution in [0.25, 0.3) is 0 Å². The Morgan fingerprint density at radius 1 is 1.06 bits per heavy atom. The summed E-state index contributed by atoms with van der Waals surface area (Å²) in [7, 11) is 0. The molecule has 1 saturated heterocycles.